The lowest BCUT2D eigenvalue weighted by molar-refractivity contribution is -0.115. The van der Waals surface area contributed by atoms with Crippen LogP contribution in [0.15, 0.2) is 42.5 Å². The Hall–Kier alpha value is -2.40. The Bertz CT molecular complexity index is 703. The molecule has 0 aromatic heterocycles. The van der Waals surface area contributed by atoms with Gasteiger partial charge in [0.1, 0.15) is 11.4 Å². The zero-order valence-electron chi connectivity index (χ0n) is 10.8. The van der Waals surface area contributed by atoms with Gasteiger partial charge in [-0.15, -0.1) is 0 Å². The number of hydrogen-bond acceptors (Lipinski definition) is 2. The van der Waals surface area contributed by atoms with Crippen molar-refractivity contribution in [2.24, 2.45) is 0 Å². The highest BCUT2D eigenvalue weighted by atomic mass is 35.5. The summed E-state index contributed by atoms with van der Waals surface area (Å²) in [6, 6.07) is 10.4. The molecule has 0 fully saturated rings. The number of amides is 1. The predicted molar refractivity (Wildman–Crippen MR) is 77.1 cm³/mol. The molecule has 2 rings (SSSR count). The van der Waals surface area contributed by atoms with Gasteiger partial charge in [-0.25, -0.2) is 9.18 Å². The van der Waals surface area contributed by atoms with E-state index in [0.717, 1.165) is 6.07 Å². The zero-order valence-corrected chi connectivity index (χ0v) is 11.5. The largest absolute Gasteiger partial charge is 0.478 e. The Kier molecular flexibility index (Phi) is 4.55. The van der Waals surface area contributed by atoms with E-state index in [4.69, 9.17) is 16.7 Å². The third kappa shape index (κ3) is 3.79. The first kappa shape index (κ1) is 15.0. The molecule has 0 heterocycles. The maximum atomic E-state index is 13.5. The van der Waals surface area contributed by atoms with Crippen molar-refractivity contribution in [1.82, 2.24) is 0 Å². The van der Waals surface area contributed by atoms with Crippen LogP contribution in [0, 0.1) is 5.82 Å². The van der Waals surface area contributed by atoms with Gasteiger partial charge in [0.25, 0.3) is 0 Å². The van der Waals surface area contributed by atoms with E-state index in [0.29, 0.717) is 10.6 Å². The molecular formula is C15H11ClFNO3. The molecule has 0 atom stereocenters. The van der Waals surface area contributed by atoms with Crippen molar-refractivity contribution >= 4 is 29.2 Å². The zero-order chi connectivity index (χ0) is 15.4. The Labute approximate surface area is 125 Å². The summed E-state index contributed by atoms with van der Waals surface area (Å²) in [6.45, 7) is 0. The average molecular weight is 308 g/mol. The maximum Gasteiger partial charge on any atom is 0.340 e. The number of carboxylic acids is 1. The standard InChI is InChI=1S/C15H11ClFNO3/c16-10-4-1-3-9(7-10)8-13(19)18-12-6-2-5-11(17)14(12)15(20)21/h1-7H,8H2,(H,18,19)(H,20,21). The third-order valence-corrected chi connectivity index (χ3v) is 2.99. The number of anilines is 1. The summed E-state index contributed by atoms with van der Waals surface area (Å²) in [5, 5.41) is 11.9. The third-order valence-electron chi connectivity index (χ3n) is 2.76. The second-order valence-electron chi connectivity index (χ2n) is 4.32. The average Bonchev–Trinajstić information content (AvgIpc) is 2.37. The van der Waals surface area contributed by atoms with E-state index in [2.05, 4.69) is 5.32 Å². The van der Waals surface area contributed by atoms with Crippen LogP contribution < -0.4 is 5.32 Å². The lowest BCUT2D eigenvalue weighted by Gasteiger charge is -2.09. The highest BCUT2D eigenvalue weighted by Crippen LogP contribution is 2.19. The van der Waals surface area contributed by atoms with Crippen LogP contribution in [-0.4, -0.2) is 17.0 Å². The summed E-state index contributed by atoms with van der Waals surface area (Å²) in [5.74, 6) is -2.79. The molecular weight excluding hydrogens is 297 g/mol. The predicted octanol–water partition coefficient (Wildman–Crippen LogP) is 3.36. The van der Waals surface area contributed by atoms with Gasteiger partial charge in [-0.3, -0.25) is 4.79 Å². The topological polar surface area (TPSA) is 66.4 Å². The molecule has 0 unspecified atom stereocenters. The molecule has 0 radical (unpaired) electrons. The van der Waals surface area contributed by atoms with Crippen LogP contribution in [0.3, 0.4) is 0 Å². The fraction of sp³-hybridized carbons (Fsp3) is 0.0667. The van der Waals surface area contributed by atoms with Crippen molar-refractivity contribution in [2.45, 2.75) is 6.42 Å². The quantitative estimate of drug-likeness (QED) is 0.910. The molecule has 2 N–H and O–H groups in total. The number of aromatic carboxylic acids is 1. The molecule has 0 saturated carbocycles. The summed E-state index contributed by atoms with van der Waals surface area (Å²) in [7, 11) is 0. The lowest BCUT2D eigenvalue weighted by atomic mass is 10.1. The van der Waals surface area contributed by atoms with Gasteiger partial charge >= 0.3 is 5.97 Å². The van der Waals surface area contributed by atoms with Gasteiger partial charge in [-0.05, 0) is 29.8 Å². The molecule has 0 spiro atoms. The Morgan fingerprint density at radius 1 is 1.19 bits per heavy atom. The van der Waals surface area contributed by atoms with E-state index in [1.807, 2.05) is 0 Å². The molecule has 0 aliphatic rings. The molecule has 0 aliphatic heterocycles. The van der Waals surface area contributed by atoms with Gasteiger partial charge in [-0.1, -0.05) is 29.8 Å². The van der Waals surface area contributed by atoms with Gasteiger partial charge < -0.3 is 10.4 Å². The molecule has 108 valence electrons. The van der Waals surface area contributed by atoms with Gasteiger partial charge in [0.15, 0.2) is 0 Å². The van der Waals surface area contributed by atoms with E-state index in [9.17, 15) is 14.0 Å². The molecule has 6 heteroatoms. The minimum atomic E-state index is -1.44. The monoisotopic (exact) mass is 307 g/mol. The van der Waals surface area contributed by atoms with Crippen LogP contribution in [0.4, 0.5) is 10.1 Å². The number of rotatable bonds is 4. The molecule has 21 heavy (non-hydrogen) atoms. The molecule has 0 bridgehead atoms. The van der Waals surface area contributed by atoms with E-state index >= 15 is 0 Å². The molecule has 2 aromatic carbocycles. The first-order chi connectivity index (χ1) is 9.97. The van der Waals surface area contributed by atoms with Crippen LogP contribution in [0.5, 0.6) is 0 Å². The Morgan fingerprint density at radius 2 is 1.90 bits per heavy atom. The van der Waals surface area contributed by atoms with Crippen molar-refractivity contribution in [1.29, 1.82) is 0 Å². The van der Waals surface area contributed by atoms with Gasteiger partial charge in [0.2, 0.25) is 5.91 Å². The van der Waals surface area contributed by atoms with Crippen LogP contribution in [0.25, 0.3) is 0 Å². The summed E-state index contributed by atoms with van der Waals surface area (Å²) >= 11 is 5.82. The van der Waals surface area contributed by atoms with Crippen LogP contribution >= 0.6 is 11.6 Å². The minimum absolute atomic E-state index is 0.0101. The molecule has 0 aliphatic carbocycles. The van der Waals surface area contributed by atoms with Crippen LogP contribution in [0.2, 0.25) is 5.02 Å². The van der Waals surface area contributed by atoms with Crippen molar-refractivity contribution in [2.75, 3.05) is 5.32 Å². The maximum absolute atomic E-state index is 13.5. The smallest absolute Gasteiger partial charge is 0.340 e. The number of benzene rings is 2. The van der Waals surface area contributed by atoms with E-state index in [1.54, 1.807) is 24.3 Å². The van der Waals surface area contributed by atoms with Gasteiger partial charge in [0, 0.05) is 5.02 Å². The number of carboxylic acid groups (broad SMARTS) is 1. The first-order valence-corrected chi connectivity index (χ1v) is 6.41. The molecule has 2 aromatic rings. The molecule has 1 amide bonds. The highest BCUT2D eigenvalue weighted by Gasteiger charge is 2.17. The van der Waals surface area contributed by atoms with Gasteiger partial charge in [-0.2, -0.15) is 0 Å². The second kappa shape index (κ2) is 6.37. The van der Waals surface area contributed by atoms with Gasteiger partial charge in [0.05, 0.1) is 12.1 Å². The fourth-order valence-electron chi connectivity index (χ4n) is 1.87. The number of carbonyl (C=O) groups is 2. The normalized spacial score (nSPS) is 10.2. The SMILES string of the molecule is O=C(Cc1cccc(Cl)c1)Nc1cccc(F)c1C(=O)O. The number of nitrogens with one attached hydrogen (secondary N) is 1. The van der Waals surface area contributed by atoms with E-state index in [1.165, 1.54) is 12.1 Å². The minimum Gasteiger partial charge on any atom is -0.478 e. The summed E-state index contributed by atoms with van der Waals surface area (Å²) in [5.41, 5.74) is 0.0414. The van der Waals surface area contributed by atoms with Crippen molar-refractivity contribution in [3.8, 4) is 0 Å². The van der Waals surface area contributed by atoms with E-state index in [-0.39, 0.29) is 12.1 Å². The fourth-order valence-corrected chi connectivity index (χ4v) is 2.09. The Morgan fingerprint density at radius 3 is 2.57 bits per heavy atom. The number of halogens is 2. The number of carbonyl (C=O) groups excluding carboxylic acids is 1. The van der Waals surface area contributed by atoms with Crippen molar-refractivity contribution in [3.05, 3.63) is 64.4 Å². The molecule has 0 saturated heterocycles. The van der Waals surface area contributed by atoms with Crippen LogP contribution in [-0.2, 0) is 11.2 Å². The summed E-state index contributed by atoms with van der Waals surface area (Å²) in [4.78, 5) is 22.9. The summed E-state index contributed by atoms with van der Waals surface area (Å²) in [6.07, 6.45) is 0.0101. The number of hydrogen-bond donors (Lipinski definition) is 2. The second-order valence-corrected chi connectivity index (χ2v) is 4.76. The first-order valence-electron chi connectivity index (χ1n) is 6.03. The Balaban J connectivity index is 2.17. The van der Waals surface area contributed by atoms with Crippen molar-refractivity contribution < 1.29 is 19.1 Å². The van der Waals surface area contributed by atoms with E-state index < -0.39 is 23.3 Å². The summed E-state index contributed by atoms with van der Waals surface area (Å²) < 4.78 is 13.5. The highest BCUT2D eigenvalue weighted by molar-refractivity contribution is 6.30. The van der Waals surface area contributed by atoms with Crippen LogP contribution in [0.1, 0.15) is 15.9 Å². The van der Waals surface area contributed by atoms with Crippen molar-refractivity contribution in [3.63, 3.8) is 0 Å². The molecule has 4 nitrogen and oxygen atoms in total. The lowest BCUT2D eigenvalue weighted by Crippen LogP contribution is -2.17.